The van der Waals surface area contributed by atoms with Crippen LogP contribution in [0.3, 0.4) is 0 Å². The van der Waals surface area contributed by atoms with Crippen LogP contribution >= 0.6 is 0 Å². The Morgan fingerprint density at radius 3 is 2.46 bits per heavy atom. The van der Waals surface area contributed by atoms with Gasteiger partial charge in [0.15, 0.2) is 11.6 Å². The van der Waals surface area contributed by atoms with E-state index in [0.29, 0.717) is 0 Å². The van der Waals surface area contributed by atoms with Crippen LogP contribution < -0.4 is 4.74 Å². The molecule has 0 amide bonds. The Morgan fingerprint density at radius 1 is 1.31 bits per heavy atom. The second kappa shape index (κ2) is 4.03. The Labute approximate surface area is 75.6 Å². The van der Waals surface area contributed by atoms with Crippen molar-refractivity contribution in [3.8, 4) is 5.75 Å². The number of allylic oxidation sites excluding steroid dienone is 1. The third-order valence-electron chi connectivity index (χ3n) is 1.58. The van der Waals surface area contributed by atoms with Crippen molar-refractivity contribution in [1.82, 2.24) is 0 Å². The van der Waals surface area contributed by atoms with Crippen LogP contribution in [0.5, 0.6) is 5.75 Å². The van der Waals surface area contributed by atoms with Gasteiger partial charge < -0.3 is 4.74 Å². The van der Waals surface area contributed by atoms with Gasteiger partial charge in [0.2, 0.25) is 0 Å². The minimum Gasteiger partial charge on any atom is -0.493 e. The average Bonchev–Trinajstić information content (AvgIpc) is 2.12. The molecule has 0 saturated carbocycles. The Balaban J connectivity index is 3.34. The molecular weight excluding hydrogens is 174 g/mol. The Morgan fingerprint density at radius 2 is 1.92 bits per heavy atom. The van der Waals surface area contributed by atoms with E-state index in [1.54, 1.807) is 0 Å². The van der Waals surface area contributed by atoms with Crippen molar-refractivity contribution >= 4 is 6.08 Å². The molecule has 13 heavy (non-hydrogen) atoms. The minimum absolute atomic E-state index is 0.0810. The number of halogens is 2. The molecule has 1 nitrogen and oxygen atoms in total. The fourth-order valence-corrected chi connectivity index (χ4v) is 1.03. The molecule has 0 aliphatic rings. The van der Waals surface area contributed by atoms with Crippen LogP contribution in [0.4, 0.5) is 8.78 Å². The quantitative estimate of drug-likeness (QED) is 0.685. The predicted octanol–water partition coefficient (Wildman–Crippen LogP) is 2.82. The van der Waals surface area contributed by atoms with Crippen LogP contribution in [0, 0.1) is 18.6 Å². The summed E-state index contributed by atoms with van der Waals surface area (Å²) in [7, 11) is 1.29. The van der Waals surface area contributed by atoms with Crippen LogP contribution in [-0.2, 0) is 0 Å². The maximum Gasteiger partial charge on any atom is 0.165 e. The highest BCUT2D eigenvalue weighted by Crippen LogP contribution is 2.26. The monoisotopic (exact) mass is 183 g/mol. The zero-order valence-electron chi connectivity index (χ0n) is 7.18. The highest BCUT2D eigenvalue weighted by Gasteiger charge is 2.11. The van der Waals surface area contributed by atoms with Crippen LogP contribution in [0.2, 0.25) is 0 Å². The zero-order valence-corrected chi connectivity index (χ0v) is 7.18. The molecule has 1 aromatic rings. The summed E-state index contributed by atoms with van der Waals surface area (Å²) in [6.07, 6.45) is 2.73. The summed E-state index contributed by atoms with van der Waals surface area (Å²) in [4.78, 5) is 0. The molecule has 1 rings (SSSR count). The maximum atomic E-state index is 13.1. The summed E-state index contributed by atoms with van der Waals surface area (Å²) >= 11 is 0. The maximum absolute atomic E-state index is 13.1. The molecule has 0 aliphatic carbocycles. The second-order valence-electron chi connectivity index (χ2n) is 2.38. The van der Waals surface area contributed by atoms with Gasteiger partial charge in [-0.1, -0.05) is 12.2 Å². The first kappa shape index (κ1) is 9.71. The van der Waals surface area contributed by atoms with Crippen molar-refractivity contribution in [3.63, 3.8) is 0 Å². The first-order valence-corrected chi connectivity index (χ1v) is 3.68. The van der Waals surface area contributed by atoms with Crippen molar-refractivity contribution in [2.24, 2.45) is 0 Å². The Hall–Kier alpha value is -1.38. The molecule has 0 N–H and O–H groups in total. The lowest BCUT2D eigenvalue weighted by Crippen LogP contribution is -1.94. The topological polar surface area (TPSA) is 9.23 Å². The molecular formula is C10H9F2O. The van der Waals surface area contributed by atoms with E-state index < -0.39 is 11.6 Å². The number of methoxy groups -OCH3 is 1. The standard InChI is InChI=1S/C10H9F2O/c1-3-4-7-8(11)5-6-9(12)10(7)13-2/h3-6H,1H2,2H3/b4-3-. The smallest absolute Gasteiger partial charge is 0.165 e. The van der Waals surface area contributed by atoms with E-state index in [1.165, 1.54) is 19.3 Å². The molecule has 0 heterocycles. The van der Waals surface area contributed by atoms with Gasteiger partial charge in [-0.25, -0.2) is 8.78 Å². The van der Waals surface area contributed by atoms with Gasteiger partial charge in [-0.05, 0) is 19.1 Å². The molecule has 1 aromatic carbocycles. The number of hydrogen-bond acceptors (Lipinski definition) is 1. The van der Waals surface area contributed by atoms with E-state index in [-0.39, 0.29) is 11.3 Å². The van der Waals surface area contributed by atoms with Crippen molar-refractivity contribution < 1.29 is 13.5 Å². The fraction of sp³-hybridized carbons (Fsp3) is 0.100. The molecule has 1 radical (unpaired) electrons. The number of ether oxygens (including phenoxy) is 1. The van der Waals surface area contributed by atoms with E-state index in [4.69, 9.17) is 4.74 Å². The van der Waals surface area contributed by atoms with E-state index in [2.05, 4.69) is 6.92 Å². The van der Waals surface area contributed by atoms with Gasteiger partial charge in [-0.15, -0.1) is 0 Å². The molecule has 0 bridgehead atoms. The van der Waals surface area contributed by atoms with Crippen LogP contribution in [-0.4, -0.2) is 7.11 Å². The first-order valence-electron chi connectivity index (χ1n) is 3.68. The largest absolute Gasteiger partial charge is 0.493 e. The lowest BCUT2D eigenvalue weighted by molar-refractivity contribution is 0.381. The summed E-state index contributed by atoms with van der Waals surface area (Å²) in [5.41, 5.74) is 0.0810. The summed E-state index contributed by atoms with van der Waals surface area (Å²) in [5.74, 6) is -1.21. The fourth-order valence-electron chi connectivity index (χ4n) is 1.03. The summed E-state index contributed by atoms with van der Waals surface area (Å²) in [5, 5.41) is 0. The van der Waals surface area contributed by atoms with E-state index >= 15 is 0 Å². The van der Waals surface area contributed by atoms with Crippen LogP contribution in [0.15, 0.2) is 18.2 Å². The van der Waals surface area contributed by atoms with E-state index in [0.717, 1.165) is 12.1 Å². The Bertz CT molecular complexity index is 332. The summed E-state index contributed by atoms with van der Waals surface area (Å²) in [6.45, 7) is 3.40. The Kier molecular flexibility index (Phi) is 3.01. The molecule has 0 saturated heterocycles. The first-order chi connectivity index (χ1) is 6.20. The molecule has 3 heteroatoms. The minimum atomic E-state index is -0.586. The molecule has 0 spiro atoms. The molecule has 0 aromatic heterocycles. The SMILES string of the molecule is [CH2]/C=C\c1c(F)ccc(F)c1OC. The van der Waals surface area contributed by atoms with Crippen molar-refractivity contribution in [3.05, 3.63) is 42.3 Å². The van der Waals surface area contributed by atoms with Gasteiger partial charge in [0.25, 0.3) is 0 Å². The second-order valence-corrected chi connectivity index (χ2v) is 2.38. The van der Waals surface area contributed by atoms with Gasteiger partial charge in [0.05, 0.1) is 12.7 Å². The van der Waals surface area contributed by atoms with E-state index in [1.807, 2.05) is 0 Å². The van der Waals surface area contributed by atoms with Gasteiger partial charge in [0, 0.05) is 0 Å². The van der Waals surface area contributed by atoms with Gasteiger partial charge in [-0.3, -0.25) is 0 Å². The number of benzene rings is 1. The summed E-state index contributed by atoms with van der Waals surface area (Å²) in [6, 6.07) is 2.07. The zero-order chi connectivity index (χ0) is 9.84. The predicted molar refractivity (Wildman–Crippen MR) is 47.3 cm³/mol. The lowest BCUT2D eigenvalue weighted by Gasteiger charge is -2.06. The molecule has 69 valence electrons. The van der Waals surface area contributed by atoms with E-state index in [9.17, 15) is 8.78 Å². The third-order valence-corrected chi connectivity index (χ3v) is 1.58. The van der Waals surface area contributed by atoms with Crippen molar-refractivity contribution in [2.45, 2.75) is 0 Å². The summed E-state index contributed by atoms with van der Waals surface area (Å²) < 4.78 is 30.8. The highest BCUT2D eigenvalue weighted by molar-refractivity contribution is 5.58. The van der Waals surface area contributed by atoms with Gasteiger partial charge in [0.1, 0.15) is 5.82 Å². The third kappa shape index (κ3) is 1.86. The normalized spacial score (nSPS) is 10.8. The number of hydrogen-bond donors (Lipinski definition) is 0. The average molecular weight is 183 g/mol. The molecule has 0 aliphatic heterocycles. The van der Waals surface area contributed by atoms with Crippen molar-refractivity contribution in [2.75, 3.05) is 7.11 Å². The highest BCUT2D eigenvalue weighted by atomic mass is 19.1. The van der Waals surface area contributed by atoms with Crippen LogP contribution in [0.1, 0.15) is 5.56 Å². The molecule has 0 fully saturated rings. The van der Waals surface area contributed by atoms with Crippen molar-refractivity contribution in [1.29, 1.82) is 0 Å². The van der Waals surface area contributed by atoms with Gasteiger partial charge in [-0.2, -0.15) is 0 Å². The molecule has 0 unspecified atom stereocenters. The number of rotatable bonds is 2. The lowest BCUT2D eigenvalue weighted by atomic mass is 10.1. The molecule has 0 atom stereocenters. The van der Waals surface area contributed by atoms with Gasteiger partial charge >= 0.3 is 0 Å². The van der Waals surface area contributed by atoms with Crippen LogP contribution in [0.25, 0.3) is 6.08 Å².